The minimum atomic E-state index is -0.672. The zero-order chi connectivity index (χ0) is 24.3. The van der Waals surface area contributed by atoms with Crippen molar-refractivity contribution in [3.8, 4) is 5.75 Å². The van der Waals surface area contributed by atoms with Crippen molar-refractivity contribution in [1.82, 2.24) is 10.2 Å². The molecule has 0 saturated heterocycles. The lowest BCUT2D eigenvalue weighted by Gasteiger charge is -2.31. The number of ether oxygens (including phenoxy) is 1. The minimum Gasteiger partial charge on any atom is -0.484 e. The van der Waals surface area contributed by atoms with Crippen LogP contribution >= 0.6 is 31.9 Å². The Morgan fingerprint density at radius 1 is 0.912 bits per heavy atom. The standard InChI is InChI=1S/C27H28Br2N2O3/c1-2-15-30-27(33)25(17-20-7-4-3-5-8-20)31(18-21-9-6-10-23(29)16-21)26(32)19-34-24-13-11-22(28)12-14-24/h3-14,16,25H,2,15,17-19H2,1H3,(H,30,33). The molecule has 0 heterocycles. The van der Waals surface area contributed by atoms with Gasteiger partial charge in [0.05, 0.1) is 0 Å². The SMILES string of the molecule is CCCNC(=O)C(Cc1ccccc1)N(Cc1cccc(Br)c1)C(=O)COc1ccc(Br)cc1. The van der Waals surface area contributed by atoms with E-state index in [4.69, 9.17) is 4.74 Å². The van der Waals surface area contributed by atoms with E-state index in [1.807, 2.05) is 73.7 Å². The van der Waals surface area contributed by atoms with Gasteiger partial charge in [0, 0.05) is 28.5 Å². The summed E-state index contributed by atoms with van der Waals surface area (Å²) < 4.78 is 7.62. The van der Waals surface area contributed by atoms with Gasteiger partial charge in [0.1, 0.15) is 11.8 Å². The molecule has 5 nitrogen and oxygen atoms in total. The van der Waals surface area contributed by atoms with Gasteiger partial charge < -0.3 is 15.0 Å². The molecule has 0 aliphatic carbocycles. The van der Waals surface area contributed by atoms with Gasteiger partial charge >= 0.3 is 0 Å². The lowest BCUT2D eigenvalue weighted by molar-refractivity contribution is -0.142. The highest BCUT2D eigenvalue weighted by Crippen LogP contribution is 2.19. The van der Waals surface area contributed by atoms with E-state index in [2.05, 4.69) is 37.2 Å². The number of nitrogens with zero attached hydrogens (tertiary/aromatic N) is 1. The second-order valence-corrected chi connectivity index (χ2v) is 9.72. The second kappa shape index (κ2) is 13.3. The van der Waals surface area contributed by atoms with Crippen LogP contribution in [0.15, 0.2) is 87.8 Å². The van der Waals surface area contributed by atoms with Crippen LogP contribution in [0.3, 0.4) is 0 Å². The summed E-state index contributed by atoms with van der Waals surface area (Å²) in [6, 6.07) is 24.2. The highest BCUT2D eigenvalue weighted by atomic mass is 79.9. The number of carbonyl (C=O) groups is 2. The van der Waals surface area contributed by atoms with E-state index in [-0.39, 0.29) is 18.4 Å². The molecule has 1 N–H and O–H groups in total. The maximum absolute atomic E-state index is 13.5. The van der Waals surface area contributed by atoms with E-state index >= 15 is 0 Å². The molecular weight excluding hydrogens is 560 g/mol. The number of rotatable bonds is 11. The molecule has 1 unspecified atom stereocenters. The van der Waals surface area contributed by atoms with Crippen LogP contribution in [-0.4, -0.2) is 35.9 Å². The van der Waals surface area contributed by atoms with E-state index < -0.39 is 6.04 Å². The van der Waals surface area contributed by atoms with Gasteiger partial charge in [-0.1, -0.05) is 81.2 Å². The third-order valence-corrected chi connectivity index (χ3v) is 6.26. The molecule has 178 valence electrons. The number of hydrogen-bond acceptors (Lipinski definition) is 3. The maximum atomic E-state index is 13.5. The molecule has 3 aromatic carbocycles. The number of carbonyl (C=O) groups excluding carboxylic acids is 2. The third-order valence-electron chi connectivity index (χ3n) is 5.24. The van der Waals surface area contributed by atoms with Crippen LogP contribution in [0.1, 0.15) is 24.5 Å². The van der Waals surface area contributed by atoms with Crippen molar-refractivity contribution in [1.29, 1.82) is 0 Å². The summed E-state index contributed by atoms with van der Waals surface area (Å²) in [6.07, 6.45) is 1.23. The largest absolute Gasteiger partial charge is 0.484 e. The molecule has 0 fully saturated rings. The Morgan fingerprint density at radius 2 is 1.62 bits per heavy atom. The lowest BCUT2D eigenvalue weighted by Crippen LogP contribution is -2.51. The molecule has 34 heavy (non-hydrogen) atoms. The summed E-state index contributed by atoms with van der Waals surface area (Å²) in [5.74, 6) is 0.169. The fourth-order valence-corrected chi connectivity index (χ4v) is 4.22. The van der Waals surface area contributed by atoms with Crippen molar-refractivity contribution in [2.45, 2.75) is 32.4 Å². The van der Waals surface area contributed by atoms with Crippen LogP contribution in [-0.2, 0) is 22.6 Å². The molecule has 3 rings (SSSR count). The summed E-state index contributed by atoms with van der Waals surface area (Å²) in [4.78, 5) is 28.4. The van der Waals surface area contributed by atoms with Crippen LogP contribution < -0.4 is 10.1 Å². The van der Waals surface area contributed by atoms with Crippen LogP contribution in [0.25, 0.3) is 0 Å². The summed E-state index contributed by atoms with van der Waals surface area (Å²) in [5.41, 5.74) is 1.91. The fourth-order valence-electron chi connectivity index (χ4n) is 3.51. The number of nitrogens with one attached hydrogen (secondary N) is 1. The number of benzene rings is 3. The molecule has 0 spiro atoms. The summed E-state index contributed by atoms with van der Waals surface area (Å²) in [6.45, 7) is 2.68. The van der Waals surface area contributed by atoms with Crippen molar-refractivity contribution in [3.63, 3.8) is 0 Å². The van der Waals surface area contributed by atoms with Crippen LogP contribution in [0.2, 0.25) is 0 Å². The highest BCUT2D eigenvalue weighted by Gasteiger charge is 2.30. The van der Waals surface area contributed by atoms with Crippen LogP contribution in [0.4, 0.5) is 0 Å². The average Bonchev–Trinajstić information content (AvgIpc) is 2.85. The van der Waals surface area contributed by atoms with Crippen LogP contribution in [0.5, 0.6) is 5.75 Å². The van der Waals surface area contributed by atoms with Crippen molar-refractivity contribution < 1.29 is 14.3 Å². The van der Waals surface area contributed by atoms with E-state index in [1.165, 1.54) is 0 Å². The van der Waals surface area contributed by atoms with E-state index in [0.717, 1.165) is 26.5 Å². The van der Waals surface area contributed by atoms with Gasteiger partial charge in [-0.2, -0.15) is 0 Å². The topological polar surface area (TPSA) is 58.6 Å². The molecule has 0 aromatic heterocycles. The first-order chi connectivity index (χ1) is 16.5. The predicted molar refractivity (Wildman–Crippen MR) is 142 cm³/mol. The normalized spacial score (nSPS) is 11.5. The predicted octanol–water partition coefficient (Wildman–Crippen LogP) is 5.76. The summed E-state index contributed by atoms with van der Waals surface area (Å²) in [5, 5.41) is 2.98. The molecule has 0 saturated carbocycles. The highest BCUT2D eigenvalue weighted by molar-refractivity contribution is 9.10. The first-order valence-corrected chi connectivity index (χ1v) is 12.8. The van der Waals surface area contributed by atoms with E-state index in [9.17, 15) is 9.59 Å². The molecule has 0 aliphatic rings. The van der Waals surface area contributed by atoms with Crippen molar-refractivity contribution >= 4 is 43.7 Å². The van der Waals surface area contributed by atoms with Gasteiger partial charge in [0.2, 0.25) is 5.91 Å². The Balaban J connectivity index is 1.88. The smallest absolute Gasteiger partial charge is 0.261 e. The Morgan fingerprint density at radius 3 is 2.29 bits per heavy atom. The van der Waals surface area contributed by atoms with Gasteiger partial charge in [-0.3, -0.25) is 9.59 Å². The van der Waals surface area contributed by atoms with Gasteiger partial charge in [-0.15, -0.1) is 0 Å². The number of amides is 2. The molecule has 1 atom stereocenters. The Kier molecular flexibility index (Phi) is 10.2. The average molecular weight is 588 g/mol. The third kappa shape index (κ3) is 7.99. The Labute approximate surface area is 217 Å². The van der Waals surface area contributed by atoms with E-state index in [1.54, 1.807) is 17.0 Å². The molecule has 7 heteroatoms. The molecule has 0 bridgehead atoms. The molecule has 3 aromatic rings. The van der Waals surface area contributed by atoms with Crippen molar-refractivity contribution in [2.24, 2.45) is 0 Å². The number of halogens is 2. The summed E-state index contributed by atoms with van der Waals surface area (Å²) in [7, 11) is 0. The first kappa shape index (κ1) is 26.0. The minimum absolute atomic E-state index is 0.165. The van der Waals surface area contributed by atoms with Gasteiger partial charge in [0.15, 0.2) is 6.61 Å². The first-order valence-electron chi connectivity index (χ1n) is 11.2. The zero-order valence-electron chi connectivity index (χ0n) is 19.0. The monoisotopic (exact) mass is 586 g/mol. The van der Waals surface area contributed by atoms with Gasteiger partial charge in [-0.05, 0) is 53.9 Å². The quantitative estimate of drug-likeness (QED) is 0.310. The molecule has 0 radical (unpaired) electrons. The second-order valence-electron chi connectivity index (χ2n) is 7.89. The number of hydrogen-bond donors (Lipinski definition) is 1. The van der Waals surface area contributed by atoms with Crippen molar-refractivity contribution in [2.75, 3.05) is 13.2 Å². The Hall–Kier alpha value is -2.64. The lowest BCUT2D eigenvalue weighted by atomic mass is 10.0. The molecule has 2 amide bonds. The fraction of sp³-hybridized carbons (Fsp3) is 0.259. The maximum Gasteiger partial charge on any atom is 0.261 e. The van der Waals surface area contributed by atoms with Gasteiger partial charge in [0.25, 0.3) is 5.91 Å². The van der Waals surface area contributed by atoms with Gasteiger partial charge in [-0.25, -0.2) is 0 Å². The van der Waals surface area contributed by atoms with Crippen molar-refractivity contribution in [3.05, 3.63) is 98.9 Å². The molecular formula is C27H28Br2N2O3. The zero-order valence-corrected chi connectivity index (χ0v) is 22.2. The molecule has 0 aliphatic heterocycles. The van der Waals surface area contributed by atoms with E-state index in [0.29, 0.717) is 25.3 Å². The van der Waals surface area contributed by atoms with Crippen LogP contribution in [0, 0.1) is 0 Å². The summed E-state index contributed by atoms with van der Waals surface area (Å²) >= 11 is 6.90. The Bertz CT molecular complexity index is 1070.